The summed E-state index contributed by atoms with van der Waals surface area (Å²) in [5.74, 6) is -0.495. The summed E-state index contributed by atoms with van der Waals surface area (Å²) in [6, 6.07) is 11.3. The Morgan fingerprint density at radius 2 is 1.44 bits per heavy atom. The van der Waals surface area contributed by atoms with E-state index in [4.69, 9.17) is 4.74 Å². The van der Waals surface area contributed by atoms with Crippen LogP contribution in [0.5, 0.6) is 5.75 Å². The van der Waals surface area contributed by atoms with Gasteiger partial charge in [-0.15, -0.1) is 0 Å². The molecule has 0 atom stereocenters. The van der Waals surface area contributed by atoms with E-state index < -0.39 is 17.7 Å². The number of hydrogen-bond donors (Lipinski definition) is 0. The minimum Gasteiger partial charge on any atom is -0.423 e. The molecule has 27 heavy (non-hydrogen) atoms. The van der Waals surface area contributed by atoms with Gasteiger partial charge in [-0.3, -0.25) is 0 Å². The third-order valence-corrected chi connectivity index (χ3v) is 4.40. The van der Waals surface area contributed by atoms with E-state index in [1.807, 2.05) is 12.1 Å². The highest BCUT2D eigenvalue weighted by Crippen LogP contribution is 2.30. The second kappa shape index (κ2) is 10.1. The molecule has 0 fully saturated rings. The number of benzene rings is 2. The summed E-state index contributed by atoms with van der Waals surface area (Å²) in [5, 5.41) is 0. The van der Waals surface area contributed by atoms with Crippen molar-refractivity contribution < 1.29 is 22.7 Å². The standard InChI is InChI=1S/C22H25F3O2/c1-2-3-4-5-6-7-8-17-9-11-18(12-10-17)21(26)27-20-15-13-19(14-16-20)22(23,24)25/h9-16H,2-8H2,1H3. The van der Waals surface area contributed by atoms with E-state index in [9.17, 15) is 18.0 Å². The Balaban J connectivity index is 1.83. The van der Waals surface area contributed by atoms with Gasteiger partial charge in [-0.05, 0) is 54.8 Å². The molecule has 0 unspecified atom stereocenters. The first-order valence-electron chi connectivity index (χ1n) is 9.38. The molecule has 0 radical (unpaired) electrons. The molecule has 0 spiro atoms. The van der Waals surface area contributed by atoms with Crippen molar-refractivity contribution in [2.24, 2.45) is 0 Å². The Morgan fingerprint density at radius 1 is 0.852 bits per heavy atom. The maximum atomic E-state index is 12.5. The van der Waals surface area contributed by atoms with Gasteiger partial charge in [0, 0.05) is 0 Å². The molecule has 0 aliphatic rings. The van der Waals surface area contributed by atoms with Crippen LogP contribution in [0.2, 0.25) is 0 Å². The summed E-state index contributed by atoms with van der Waals surface area (Å²) in [6.07, 6.45) is 3.96. The lowest BCUT2D eigenvalue weighted by Crippen LogP contribution is -2.09. The summed E-state index contributed by atoms with van der Waals surface area (Å²) >= 11 is 0. The summed E-state index contributed by atoms with van der Waals surface area (Å²) < 4.78 is 42.8. The van der Waals surface area contributed by atoms with Crippen molar-refractivity contribution >= 4 is 5.97 Å². The van der Waals surface area contributed by atoms with Crippen LogP contribution >= 0.6 is 0 Å². The molecule has 2 aromatic carbocycles. The monoisotopic (exact) mass is 378 g/mol. The second-order valence-corrected chi connectivity index (χ2v) is 6.63. The van der Waals surface area contributed by atoms with Crippen LogP contribution in [-0.2, 0) is 12.6 Å². The number of halogens is 3. The predicted molar refractivity (Wildman–Crippen MR) is 99.9 cm³/mol. The molecule has 0 saturated carbocycles. The highest BCUT2D eigenvalue weighted by molar-refractivity contribution is 5.91. The van der Waals surface area contributed by atoms with Gasteiger partial charge < -0.3 is 4.74 Å². The van der Waals surface area contributed by atoms with Gasteiger partial charge >= 0.3 is 12.1 Å². The Morgan fingerprint density at radius 3 is 2.04 bits per heavy atom. The van der Waals surface area contributed by atoms with Gasteiger partial charge in [-0.1, -0.05) is 51.2 Å². The quantitative estimate of drug-likeness (QED) is 0.272. The Labute approximate surface area is 158 Å². The van der Waals surface area contributed by atoms with Crippen molar-refractivity contribution in [1.29, 1.82) is 0 Å². The van der Waals surface area contributed by atoms with E-state index in [2.05, 4.69) is 6.92 Å². The molecule has 146 valence electrons. The number of rotatable bonds is 9. The topological polar surface area (TPSA) is 26.3 Å². The molecule has 0 amide bonds. The molecule has 0 aromatic heterocycles. The molecule has 0 N–H and O–H groups in total. The van der Waals surface area contributed by atoms with Gasteiger partial charge in [-0.25, -0.2) is 4.79 Å². The number of aryl methyl sites for hydroxylation is 1. The minimum absolute atomic E-state index is 0.0872. The number of carbonyl (C=O) groups excluding carboxylic acids is 1. The number of alkyl halides is 3. The van der Waals surface area contributed by atoms with Gasteiger partial charge in [0.25, 0.3) is 0 Å². The molecule has 0 saturated heterocycles. The maximum Gasteiger partial charge on any atom is 0.416 e. The average molecular weight is 378 g/mol. The van der Waals surface area contributed by atoms with E-state index in [1.54, 1.807) is 12.1 Å². The molecular weight excluding hydrogens is 353 g/mol. The van der Waals surface area contributed by atoms with Crippen molar-refractivity contribution in [3.8, 4) is 5.75 Å². The van der Waals surface area contributed by atoms with Crippen LogP contribution in [0.15, 0.2) is 48.5 Å². The second-order valence-electron chi connectivity index (χ2n) is 6.63. The fourth-order valence-corrected chi connectivity index (χ4v) is 2.79. The molecule has 0 aliphatic carbocycles. The van der Waals surface area contributed by atoms with Crippen molar-refractivity contribution in [3.05, 3.63) is 65.2 Å². The Kier molecular flexibility index (Phi) is 7.89. The van der Waals surface area contributed by atoms with Crippen LogP contribution in [0.3, 0.4) is 0 Å². The number of hydrogen-bond acceptors (Lipinski definition) is 2. The SMILES string of the molecule is CCCCCCCCc1ccc(C(=O)Oc2ccc(C(F)(F)F)cc2)cc1. The van der Waals surface area contributed by atoms with Crippen LogP contribution in [-0.4, -0.2) is 5.97 Å². The predicted octanol–water partition coefficient (Wildman–Crippen LogP) is 6.83. The highest BCUT2D eigenvalue weighted by Gasteiger charge is 2.30. The zero-order valence-electron chi connectivity index (χ0n) is 15.5. The summed E-state index contributed by atoms with van der Waals surface area (Å²) in [6.45, 7) is 2.20. The van der Waals surface area contributed by atoms with Crippen LogP contribution < -0.4 is 4.74 Å². The summed E-state index contributed by atoms with van der Waals surface area (Å²) in [4.78, 5) is 12.1. The van der Waals surface area contributed by atoms with E-state index in [0.29, 0.717) is 5.56 Å². The number of ether oxygens (including phenoxy) is 1. The third kappa shape index (κ3) is 7.08. The lowest BCUT2D eigenvalue weighted by molar-refractivity contribution is -0.137. The fourth-order valence-electron chi connectivity index (χ4n) is 2.79. The number of unbranched alkanes of at least 4 members (excludes halogenated alkanes) is 5. The summed E-state index contributed by atoms with van der Waals surface area (Å²) in [5.41, 5.74) is 0.763. The highest BCUT2D eigenvalue weighted by atomic mass is 19.4. The molecule has 0 heterocycles. The summed E-state index contributed by atoms with van der Waals surface area (Å²) in [7, 11) is 0. The third-order valence-electron chi connectivity index (χ3n) is 4.40. The Bertz CT molecular complexity index is 704. The van der Waals surface area contributed by atoms with Crippen LogP contribution in [0.4, 0.5) is 13.2 Å². The van der Waals surface area contributed by atoms with Gasteiger partial charge in [0.2, 0.25) is 0 Å². The van der Waals surface area contributed by atoms with Gasteiger partial charge in [-0.2, -0.15) is 13.2 Å². The smallest absolute Gasteiger partial charge is 0.416 e. The van der Waals surface area contributed by atoms with Crippen molar-refractivity contribution in [1.82, 2.24) is 0 Å². The zero-order valence-corrected chi connectivity index (χ0v) is 15.5. The molecule has 2 rings (SSSR count). The van der Waals surface area contributed by atoms with E-state index in [1.165, 1.54) is 32.1 Å². The van der Waals surface area contributed by atoms with Crippen molar-refractivity contribution in [2.75, 3.05) is 0 Å². The maximum absolute atomic E-state index is 12.5. The minimum atomic E-state index is -4.41. The van der Waals surface area contributed by atoms with Crippen LogP contribution in [0, 0.1) is 0 Å². The van der Waals surface area contributed by atoms with Crippen molar-refractivity contribution in [2.45, 2.75) is 58.0 Å². The van der Waals surface area contributed by atoms with Crippen molar-refractivity contribution in [3.63, 3.8) is 0 Å². The first kappa shape index (κ1) is 21.0. The zero-order chi connectivity index (χ0) is 19.7. The van der Waals surface area contributed by atoms with Gasteiger partial charge in [0.1, 0.15) is 5.75 Å². The largest absolute Gasteiger partial charge is 0.423 e. The first-order valence-corrected chi connectivity index (χ1v) is 9.38. The van der Waals surface area contributed by atoms with E-state index in [-0.39, 0.29) is 5.75 Å². The molecular formula is C22H25F3O2. The molecule has 2 nitrogen and oxygen atoms in total. The lowest BCUT2D eigenvalue weighted by Gasteiger charge is -2.08. The molecule has 2 aromatic rings. The van der Waals surface area contributed by atoms with E-state index in [0.717, 1.165) is 42.7 Å². The van der Waals surface area contributed by atoms with Gasteiger partial charge in [0.05, 0.1) is 11.1 Å². The molecule has 0 aliphatic heterocycles. The van der Waals surface area contributed by atoms with E-state index >= 15 is 0 Å². The normalized spacial score (nSPS) is 11.4. The van der Waals surface area contributed by atoms with Crippen LogP contribution in [0.1, 0.15) is 66.9 Å². The first-order chi connectivity index (χ1) is 12.9. The van der Waals surface area contributed by atoms with Crippen LogP contribution in [0.25, 0.3) is 0 Å². The number of esters is 1. The Hall–Kier alpha value is -2.30. The molecule has 5 heteroatoms. The molecule has 0 bridgehead atoms. The average Bonchev–Trinajstić information content (AvgIpc) is 2.65. The van der Waals surface area contributed by atoms with Gasteiger partial charge in [0.15, 0.2) is 0 Å². The number of carbonyl (C=O) groups is 1. The lowest BCUT2D eigenvalue weighted by atomic mass is 10.0. The fraction of sp³-hybridized carbons (Fsp3) is 0.409.